The van der Waals surface area contributed by atoms with E-state index in [1.54, 1.807) is 6.92 Å². The van der Waals surface area contributed by atoms with Gasteiger partial charge >= 0.3 is 5.97 Å². The molecule has 0 unspecified atom stereocenters. The molecule has 1 aliphatic heterocycles. The van der Waals surface area contributed by atoms with E-state index in [0.717, 1.165) is 24.0 Å². The van der Waals surface area contributed by atoms with Crippen molar-refractivity contribution in [3.8, 4) is 0 Å². The molecule has 3 rings (SSSR count). The standard InChI is InChI=1S/C27H35N3O5/c1-17(2)23-16-24(31)29-21(14-19-10-6-4-7-11-19)26(33)28-18(3)25(32)30-22(27(34)35-23)15-20-12-8-5-9-13-20/h5-6,8-13,17-18,21-23H,4,7,14-16H2,1-3H3,(H,28,33)(H,29,31)(H,30,32)/t18-,21-,22-,23+/m1/s1. The second-order valence-electron chi connectivity index (χ2n) is 9.49. The van der Waals surface area contributed by atoms with Crippen LogP contribution in [0.25, 0.3) is 0 Å². The predicted octanol–water partition coefficient (Wildman–Crippen LogP) is 2.34. The summed E-state index contributed by atoms with van der Waals surface area (Å²) in [7, 11) is 0. The average molecular weight is 482 g/mol. The van der Waals surface area contributed by atoms with E-state index in [0.29, 0.717) is 6.42 Å². The highest BCUT2D eigenvalue weighted by Gasteiger charge is 2.33. The highest BCUT2D eigenvalue weighted by atomic mass is 16.5. The van der Waals surface area contributed by atoms with Crippen molar-refractivity contribution < 1.29 is 23.9 Å². The summed E-state index contributed by atoms with van der Waals surface area (Å²) < 4.78 is 5.73. The molecule has 2 aliphatic rings. The summed E-state index contributed by atoms with van der Waals surface area (Å²) in [6, 6.07) is 6.57. The summed E-state index contributed by atoms with van der Waals surface area (Å²) >= 11 is 0. The first-order valence-corrected chi connectivity index (χ1v) is 12.2. The molecule has 1 fully saturated rings. The molecule has 4 atom stereocenters. The average Bonchev–Trinajstić information content (AvgIpc) is 2.83. The van der Waals surface area contributed by atoms with Crippen LogP contribution in [-0.2, 0) is 30.3 Å². The Morgan fingerprint density at radius 3 is 2.31 bits per heavy atom. The zero-order chi connectivity index (χ0) is 25.4. The number of ether oxygens (including phenoxy) is 1. The zero-order valence-corrected chi connectivity index (χ0v) is 20.6. The van der Waals surface area contributed by atoms with Crippen molar-refractivity contribution >= 4 is 23.7 Å². The van der Waals surface area contributed by atoms with Gasteiger partial charge in [-0.2, -0.15) is 0 Å². The molecule has 8 heteroatoms. The number of benzene rings is 1. The number of hydrogen-bond acceptors (Lipinski definition) is 5. The summed E-state index contributed by atoms with van der Waals surface area (Å²) in [6.45, 7) is 5.27. The molecule has 0 saturated carbocycles. The summed E-state index contributed by atoms with van der Waals surface area (Å²) in [4.78, 5) is 52.1. The Labute approximate surface area is 206 Å². The monoisotopic (exact) mass is 481 g/mol. The summed E-state index contributed by atoms with van der Waals surface area (Å²) in [5.41, 5.74) is 1.80. The summed E-state index contributed by atoms with van der Waals surface area (Å²) in [6.07, 6.45) is 7.61. The molecule has 0 bridgehead atoms. The van der Waals surface area contributed by atoms with Crippen molar-refractivity contribution in [2.75, 3.05) is 0 Å². The van der Waals surface area contributed by atoms with Gasteiger partial charge in [-0.1, -0.05) is 62.4 Å². The fraction of sp³-hybridized carbons (Fsp3) is 0.481. The van der Waals surface area contributed by atoms with Crippen LogP contribution in [0.4, 0.5) is 0 Å². The van der Waals surface area contributed by atoms with Crippen molar-refractivity contribution in [1.29, 1.82) is 0 Å². The minimum absolute atomic E-state index is 0.0797. The number of nitrogens with one attached hydrogen (secondary N) is 3. The topological polar surface area (TPSA) is 114 Å². The summed E-state index contributed by atoms with van der Waals surface area (Å²) in [5.74, 6) is -2.09. The number of allylic oxidation sites excluding steroid dienone is 3. The number of carbonyl (C=O) groups is 4. The highest BCUT2D eigenvalue weighted by molar-refractivity contribution is 5.94. The minimum Gasteiger partial charge on any atom is -0.460 e. The Bertz CT molecular complexity index is 986. The van der Waals surface area contributed by atoms with E-state index in [4.69, 9.17) is 4.74 Å². The van der Waals surface area contributed by atoms with Gasteiger partial charge in [0.05, 0.1) is 6.42 Å². The molecule has 1 aliphatic carbocycles. The first-order chi connectivity index (χ1) is 16.7. The molecule has 1 aromatic rings. The molecular weight excluding hydrogens is 446 g/mol. The highest BCUT2D eigenvalue weighted by Crippen LogP contribution is 2.18. The molecule has 1 aromatic carbocycles. The van der Waals surface area contributed by atoms with Crippen LogP contribution in [0.15, 0.2) is 54.1 Å². The Morgan fingerprint density at radius 1 is 0.914 bits per heavy atom. The van der Waals surface area contributed by atoms with Crippen LogP contribution in [0.3, 0.4) is 0 Å². The molecule has 188 valence electrons. The Hall–Kier alpha value is -3.42. The minimum atomic E-state index is -0.956. The molecule has 1 saturated heterocycles. The number of rotatable bonds is 5. The maximum absolute atomic E-state index is 13.1. The molecule has 0 spiro atoms. The van der Waals surface area contributed by atoms with Gasteiger partial charge < -0.3 is 20.7 Å². The molecular formula is C27H35N3O5. The third-order valence-corrected chi connectivity index (χ3v) is 6.20. The van der Waals surface area contributed by atoms with E-state index in [2.05, 4.69) is 16.0 Å². The first-order valence-electron chi connectivity index (χ1n) is 12.2. The van der Waals surface area contributed by atoms with Crippen molar-refractivity contribution in [1.82, 2.24) is 16.0 Å². The summed E-state index contributed by atoms with van der Waals surface area (Å²) in [5, 5.41) is 8.22. The predicted molar refractivity (Wildman–Crippen MR) is 132 cm³/mol. The SMILES string of the molecule is CC(C)[C@@H]1CC(=O)N[C@H](CC2=CCCC=C2)C(=O)N[C@H](C)C(=O)N[C@H](Cc2ccccc2)C(=O)O1. The van der Waals surface area contributed by atoms with E-state index in [1.807, 2.05) is 62.4 Å². The molecule has 0 aromatic heterocycles. The largest absolute Gasteiger partial charge is 0.460 e. The lowest BCUT2D eigenvalue weighted by Gasteiger charge is -2.25. The number of carbonyl (C=O) groups excluding carboxylic acids is 4. The first kappa shape index (κ1) is 26.2. The second kappa shape index (κ2) is 12.3. The van der Waals surface area contributed by atoms with E-state index in [-0.39, 0.29) is 24.7 Å². The van der Waals surface area contributed by atoms with E-state index in [9.17, 15) is 19.2 Å². The van der Waals surface area contributed by atoms with Gasteiger partial charge in [-0.3, -0.25) is 14.4 Å². The lowest BCUT2D eigenvalue weighted by Crippen LogP contribution is -2.54. The molecule has 3 amide bonds. The Morgan fingerprint density at radius 2 is 1.66 bits per heavy atom. The van der Waals surface area contributed by atoms with Gasteiger partial charge in [-0.15, -0.1) is 0 Å². The van der Waals surface area contributed by atoms with Gasteiger partial charge in [-0.05, 0) is 36.8 Å². The van der Waals surface area contributed by atoms with Crippen molar-refractivity contribution in [3.63, 3.8) is 0 Å². The van der Waals surface area contributed by atoms with Gasteiger partial charge in [0.2, 0.25) is 17.7 Å². The second-order valence-corrected chi connectivity index (χ2v) is 9.49. The van der Waals surface area contributed by atoms with Crippen LogP contribution < -0.4 is 16.0 Å². The quantitative estimate of drug-likeness (QED) is 0.559. The van der Waals surface area contributed by atoms with Gasteiger partial charge in [-0.25, -0.2) is 4.79 Å². The van der Waals surface area contributed by atoms with Crippen LogP contribution in [0.5, 0.6) is 0 Å². The lowest BCUT2D eigenvalue weighted by atomic mass is 9.98. The fourth-order valence-corrected chi connectivity index (χ4v) is 4.06. The van der Waals surface area contributed by atoms with Crippen LogP contribution >= 0.6 is 0 Å². The maximum atomic E-state index is 13.1. The molecule has 1 heterocycles. The van der Waals surface area contributed by atoms with E-state index in [1.165, 1.54) is 0 Å². The molecule has 8 nitrogen and oxygen atoms in total. The van der Waals surface area contributed by atoms with E-state index < -0.39 is 42.0 Å². The number of esters is 1. The van der Waals surface area contributed by atoms with Crippen LogP contribution in [0.1, 0.15) is 52.0 Å². The maximum Gasteiger partial charge on any atom is 0.329 e. The Kier molecular flexibility index (Phi) is 9.23. The van der Waals surface area contributed by atoms with Crippen molar-refractivity contribution in [2.24, 2.45) is 5.92 Å². The van der Waals surface area contributed by atoms with Gasteiger partial charge in [0.25, 0.3) is 0 Å². The van der Waals surface area contributed by atoms with Crippen LogP contribution in [-0.4, -0.2) is 47.9 Å². The van der Waals surface area contributed by atoms with Gasteiger partial charge in [0.15, 0.2) is 0 Å². The van der Waals surface area contributed by atoms with Crippen molar-refractivity contribution in [2.45, 2.75) is 77.1 Å². The lowest BCUT2D eigenvalue weighted by molar-refractivity contribution is -0.156. The van der Waals surface area contributed by atoms with Gasteiger partial charge in [0, 0.05) is 12.8 Å². The third kappa shape index (κ3) is 7.80. The third-order valence-electron chi connectivity index (χ3n) is 6.20. The zero-order valence-electron chi connectivity index (χ0n) is 20.6. The van der Waals surface area contributed by atoms with Crippen molar-refractivity contribution in [3.05, 3.63) is 59.7 Å². The number of cyclic esters (lactones) is 1. The van der Waals surface area contributed by atoms with E-state index >= 15 is 0 Å². The Balaban J connectivity index is 1.86. The van der Waals surface area contributed by atoms with Crippen LogP contribution in [0, 0.1) is 5.92 Å². The molecule has 0 radical (unpaired) electrons. The number of amides is 3. The van der Waals surface area contributed by atoms with Gasteiger partial charge in [0.1, 0.15) is 24.2 Å². The fourth-order valence-electron chi connectivity index (χ4n) is 4.06. The normalized spacial score (nSPS) is 26.3. The smallest absolute Gasteiger partial charge is 0.329 e. The molecule has 3 N–H and O–H groups in total. The molecule has 35 heavy (non-hydrogen) atoms. The number of hydrogen-bond donors (Lipinski definition) is 3. The van der Waals surface area contributed by atoms with Crippen LogP contribution in [0.2, 0.25) is 0 Å².